The number of benzene rings is 2. The molecule has 0 saturated carbocycles. The molecule has 35 heavy (non-hydrogen) atoms. The monoisotopic (exact) mass is 472 g/mol. The lowest BCUT2D eigenvalue weighted by Crippen LogP contribution is -2.21. The number of anilines is 1. The number of nitrogens with two attached hydrogens (primary N) is 1. The van der Waals surface area contributed by atoms with Gasteiger partial charge in [-0.05, 0) is 61.9 Å². The minimum atomic E-state index is 0.0885. The van der Waals surface area contributed by atoms with E-state index in [0.29, 0.717) is 6.61 Å². The van der Waals surface area contributed by atoms with Crippen molar-refractivity contribution in [3.8, 4) is 28.5 Å². The van der Waals surface area contributed by atoms with Crippen LogP contribution in [0.15, 0.2) is 42.6 Å². The number of nitrogen functional groups attached to an aromatic ring is 1. The number of rotatable bonds is 5. The minimum Gasteiger partial charge on any atom is -0.497 e. The Morgan fingerprint density at radius 2 is 2.09 bits per heavy atom. The van der Waals surface area contributed by atoms with E-state index in [9.17, 15) is 0 Å². The van der Waals surface area contributed by atoms with Gasteiger partial charge in [-0.1, -0.05) is 0 Å². The number of likely N-dealkylation sites (N-methyl/N-ethyl adjacent to an activating group) is 1. The smallest absolute Gasteiger partial charge is 0.220 e. The van der Waals surface area contributed by atoms with Gasteiger partial charge in [0, 0.05) is 24.8 Å². The minimum absolute atomic E-state index is 0.0885. The summed E-state index contributed by atoms with van der Waals surface area (Å²) in [7, 11) is 3.79. The first kappa shape index (κ1) is 21.7. The molecule has 9 heteroatoms. The number of nitrogens with one attached hydrogen (secondary N) is 1. The Bertz CT molecular complexity index is 1390. The van der Waals surface area contributed by atoms with Crippen molar-refractivity contribution in [3.05, 3.63) is 54.0 Å². The largest absolute Gasteiger partial charge is 0.497 e. The van der Waals surface area contributed by atoms with E-state index in [4.69, 9.17) is 24.9 Å². The van der Waals surface area contributed by atoms with E-state index in [0.717, 1.165) is 76.9 Å². The Morgan fingerprint density at radius 1 is 1.17 bits per heavy atom. The molecule has 2 aromatic carbocycles. The van der Waals surface area contributed by atoms with Crippen molar-refractivity contribution in [2.75, 3.05) is 39.6 Å². The quantitative estimate of drug-likeness (QED) is 0.455. The molecule has 4 aromatic rings. The van der Waals surface area contributed by atoms with Crippen molar-refractivity contribution in [2.45, 2.75) is 24.9 Å². The molecule has 2 aromatic heterocycles. The third kappa shape index (κ3) is 4.23. The van der Waals surface area contributed by atoms with Crippen LogP contribution in [0.25, 0.3) is 22.3 Å². The predicted octanol–water partition coefficient (Wildman–Crippen LogP) is 3.41. The molecular weight excluding hydrogens is 444 g/mol. The van der Waals surface area contributed by atoms with E-state index in [2.05, 4.69) is 26.9 Å². The molecule has 4 heterocycles. The second-order valence-electron chi connectivity index (χ2n) is 9.27. The Kier molecular flexibility index (Phi) is 5.41. The Morgan fingerprint density at radius 3 is 2.89 bits per heavy atom. The van der Waals surface area contributed by atoms with Gasteiger partial charge in [-0.25, -0.2) is 15.0 Å². The lowest BCUT2D eigenvalue weighted by molar-refractivity contribution is 0.210. The summed E-state index contributed by atoms with van der Waals surface area (Å²) in [6, 6.07) is 11.8. The highest BCUT2D eigenvalue weighted by Crippen LogP contribution is 2.37. The van der Waals surface area contributed by atoms with E-state index in [-0.39, 0.29) is 18.0 Å². The number of hydrogen-bond acceptors (Lipinski definition) is 8. The van der Waals surface area contributed by atoms with E-state index in [1.54, 1.807) is 13.3 Å². The Labute approximate surface area is 203 Å². The number of H-pyrrole nitrogens is 1. The number of likely N-dealkylation sites (tertiary alicyclic amines) is 1. The number of methoxy groups -OCH3 is 1. The molecule has 3 N–H and O–H groups in total. The third-order valence-corrected chi connectivity index (χ3v) is 6.75. The van der Waals surface area contributed by atoms with Crippen molar-refractivity contribution in [1.29, 1.82) is 0 Å². The molecule has 1 saturated heterocycles. The summed E-state index contributed by atoms with van der Waals surface area (Å²) in [4.78, 5) is 19.2. The SMILES string of the molecule is COc1ccc2c(c1)CC(c1nc3cc(-c4ccnc(N)n4)cc(OC4CCN(C)C4)c3[nH]1)CO2. The number of nitrogens with zero attached hydrogens (tertiary/aromatic N) is 4. The van der Waals surface area contributed by atoms with Gasteiger partial charge in [0.15, 0.2) is 0 Å². The fraction of sp³-hybridized carbons (Fsp3) is 0.346. The lowest BCUT2D eigenvalue weighted by atomic mass is 9.96. The second kappa shape index (κ2) is 8.74. The molecule has 9 nitrogen and oxygen atoms in total. The maximum atomic E-state index is 6.50. The zero-order chi connectivity index (χ0) is 23.9. The number of fused-ring (bicyclic) bond motifs is 2. The number of imidazole rings is 1. The first-order chi connectivity index (χ1) is 17.1. The first-order valence-electron chi connectivity index (χ1n) is 11.8. The summed E-state index contributed by atoms with van der Waals surface area (Å²) in [5, 5.41) is 0. The van der Waals surface area contributed by atoms with E-state index >= 15 is 0 Å². The van der Waals surface area contributed by atoms with Gasteiger partial charge in [0.2, 0.25) is 5.95 Å². The van der Waals surface area contributed by atoms with Crippen LogP contribution < -0.4 is 19.9 Å². The highest BCUT2D eigenvalue weighted by molar-refractivity contribution is 5.87. The van der Waals surface area contributed by atoms with Gasteiger partial charge in [0.25, 0.3) is 0 Å². The van der Waals surface area contributed by atoms with Crippen LogP contribution in [0.5, 0.6) is 17.2 Å². The van der Waals surface area contributed by atoms with Crippen molar-refractivity contribution >= 4 is 17.0 Å². The maximum Gasteiger partial charge on any atom is 0.220 e. The predicted molar refractivity (Wildman–Crippen MR) is 133 cm³/mol. The average Bonchev–Trinajstić information content (AvgIpc) is 3.49. The summed E-state index contributed by atoms with van der Waals surface area (Å²) >= 11 is 0. The third-order valence-electron chi connectivity index (χ3n) is 6.75. The van der Waals surface area contributed by atoms with Crippen molar-refractivity contribution in [1.82, 2.24) is 24.8 Å². The van der Waals surface area contributed by atoms with Crippen LogP contribution >= 0.6 is 0 Å². The zero-order valence-corrected chi connectivity index (χ0v) is 19.8. The van der Waals surface area contributed by atoms with Gasteiger partial charge in [0.1, 0.15) is 34.7 Å². The van der Waals surface area contributed by atoms with Crippen LogP contribution in [-0.2, 0) is 6.42 Å². The lowest BCUT2D eigenvalue weighted by Gasteiger charge is -2.24. The molecule has 6 rings (SSSR count). The Balaban J connectivity index is 1.38. The molecule has 180 valence electrons. The summed E-state index contributed by atoms with van der Waals surface area (Å²) in [5.74, 6) is 3.69. The zero-order valence-electron chi connectivity index (χ0n) is 19.8. The molecule has 0 spiro atoms. The molecule has 2 atom stereocenters. The summed E-state index contributed by atoms with van der Waals surface area (Å²) in [5.41, 5.74) is 10.3. The molecule has 2 aliphatic heterocycles. The van der Waals surface area contributed by atoms with E-state index < -0.39 is 0 Å². The van der Waals surface area contributed by atoms with Crippen molar-refractivity contribution < 1.29 is 14.2 Å². The molecule has 2 unspecified atom stereocenters. The number of ether oxygens (including phenoxy) is 3. The highest BCUT2D eigenvalue weighted by Gasteiger charge is 2.27. The molecule has 2 aliphatic rings. The van der Waals surface area contributed by atoms with Gasteiger partial charge in [-0.15, -0.1) is 0 Å². The van der Waals surface area contributed by atoms with Gasteiger partial charge < -0.3 is 29.8 Å². The first-order valence-corrected chi connectivity index (χ1v) is 11.8. The number of aromatic nitrogens is 4. The number of aromatic amines is 1. The summed E-state index contributed by atoms with van der Waals surface area (Å²) in [6.07, 6.45) is 3.58. The van der Waals surface area contributed by atoms with Gasteiger partial charge in [0.05, 0.1) is 30.8 Å². The number of hydrogen-bond donors (Lipinski definition) is 2. The average molecular weight is 473 g/mol. The van der Waals surface area contributed by atoms with E-state index in [1.807, 2.05) is 36.4 Å². The van der Waals surface area contributed by atoms with Crippen LogP contribution in [0.4, 0.5) is 5.95 Å². The second-order valence-corrected chi connectivity index (χ2v) is 9.27. The van der Waals surface area contributed by atoms with Gasteiger partial charge in [-0.2, -0.15) is 0 Å². The molecule has 0 bridgehead atoms. The molecule has 0 radical (unpaired) electrons. The van der Waals surface area contributed by atoms with Crippen LogP contribution in [0.1, 0.15) is 23.7 Å². The van der Waals surface area contributed by atoms with E-state index in [1.165, 1.54) is 0 Å². The van der Waals surface area contributed by atoms with Crippen LogP contribution in [0.3, 0.4) is 0 Å². The van der Waals surface area contributed by atoms with Gasteiger partial charge in [-0.3, -0.25) is 0 Å². The van der Waals surface area contributed by atoms with Crippen LogP contribution in [0, 0.1) is 0 Å². The fourth-order valence-corrected chi connectivity index (χ4v) is 4.91. The summed E-state index contributed by atoms with van der Waals surface area (Å²) < 4.78 is 18.0. The topological polar surface area (TPSA) is 111 Å². The highest BCUT2D eigenvalue weighted by atomic mass is 16.5. The Hall–Kier alpha value is -3.85. The van der Waals surface area contributed by atoms with Gasteiger partial charge >= 0.3 is 0 Å². The van der Waals surface area contributed by atoms with Crippen LogP contribution in [-0.4, -0.2) is 64.8 Å². The summed E-state index contributed by atoms with van der Waals surface area (Å²) in [6.45, 7) is 2.47. The maximum absolute atomic E-state index is 6.50. The normalized spacial score (nSPS) is 19.9. The standard InChI is InChI=1S/C26H28N6O3/c1-32-8-6-19(13-32)35-23-12-15(20-5-7-28-26(27)30-20)11-21-24(23)31-25(29-21)17-9-16-10-18(33-2)3-4-22(16)34-14-17/h3-5,7,10-12,17,19H,6,8-9,13-14H2,1-2H3,(H,29,31)(H2,27,28,30). The molecular formula is C26H28N6O3. The van der Waals surface area contributed by atoms with Crippen molar-refractivity contribution in [2.24, 2.45) is 0 Å². The molecule has 0 amide bonds. The van der Waals surface area contributed by atoms with Crippen molar-refractivity contribution in [3.63, 3.8) is 0 Å². The molecule has 1 fully saturated rings. The van der Waals surface area contributed by atoms with Crippen LogP contribution in [0.2, 0.25) is 0 Å². The fourth-order valence-electron chi connectivity index (χ4n) is 4.91. The molecule has 0 aliphatic carbocycles.